The zero-order chi connectivity index (χ0) is 14.0. The minimum absolute atomic E-state index is 0.115. The first-order valence-corrected chi connectivity index (χ1v) is 6.40. The second-order valence-electron chi connectivity index (χ2n) is 5.54. The first-order valence-electron chi connectivity index (χ1n) is 6.40. The van der Waals surface area contributed by atoms with E-state index in [1.807, 2.05) is 45.2 Å². The minimum atomic E-state index is -0.261. The van der Waals surface area contributed by atoms with Gasteiger partial charge in [0.25, 0.3) is 0 Å². The van der Waals surface area contributed by atoms with Gasteiger partial charge in [0.05, 0.1) is 12.1 Å². The number of nitrogens with two attached hydrogens (primary N) is 1. The summed E-state index contributed by atoms with van der Waals surface area (Å²) in [6, 6.07) is 7.80. The Balaban J connectivity index is 2.39. The number of rotatable bonds is 4. The first-order chi connectivity index (χ1) is 8.95. The summed E-state index contributed by atoms with van der Waals surface area (Å²) in [5, 5.41) is 10.4. The molecule has 102 valence electrons. The molecule has 0 aliphatic carbocycles. The van der Waals surface area contributed by atoms with E-state index in [1.165, 1.54) is 0 Å². The molecule has 0 saturated carbocycles. The Morgan fingerprint density at radius 1 is 1.32 bits per heavy atom. The predicted molar refractivity (Wildman–Crippen MR) is 78.8 cm³/mol. The van der Waals surface area contributed by atoms with Crippen LogP contribution in [-0.4, -0.2) is 34.2 Å². The molecule has 0 aliphatic heterocycles. The van der Waals surface area contributed by atoms with Gasteiger partial charge in [-0.3, -0.25) is 9.88 Å². The van der Waals surface area contributed by atoms with Crippen molar-refractivity contribution in [3.8, 4) is 0 Å². The van der Waals surface area contributed by atoms with E-state index in [-0.39, 0.29) is 12.1 Å². The smallest absolute Gasteiger partial charge is 0.0767 e. The molecule has 0 radical (unpaired) electrons. The Morgan fingerprint density at radius 3 is 2.74 bits per heavy atom. The van der Waals surface area contributed by atoms with Crippen LogP contribution >= 0.6 is 0 Å². The number of hydrogen-bond donors (Lipinski definition) is 2. The van der Waals surface area contributed by atoms with Gasteiger partial charge in [0, 0.05) is 29.4 Å². The first kappa shape index (κ1) is 13.8. The second kappa shape index (κ2) is 5.15. The van der Waals surface area contributed by atoms with Crippen molar-refractivity contribution in [2.24, 2.45) is 0 Å². The number of anilines is 1. The molecule has 0 unspecified atom stereocenters. The van der Waals surface area contributed by atoms with Gasteiger partial charge < -0.3 is 10.8 Å². The number of hydrogen-bond acceptors (Lipinski definition) is 4. The molecule has 1 heterocycles. The van der Waals surface area contributed by atoms with E-state index in [2.05, 4.69) is 9.88 Å². The maximum atomic E-state index is 9.42. The molecule has 0 fully saturated rings. The van der Waals surface area contributed by atoms with Gasteiger partial charge in [0.2, 0.25) is 0 Å². The van der Waals surface area contributed by atoms with Crippen LogP contribution in [0.25, 0.3) is 10.9 Å². The molecule has 0 aliphatic rings. The fourth-order valence-corrected chi connectivity index (χ4v) is 1.97. The van der Waals surface area contributed by atoms with E-state index in [0.29, 0.717) is 0 Å². The number of aliphatic hydroxyl groups excluding tert-OH is 1. The van der Waals surface area contributed by atoms with E-state index in [4.69, 9.17) is 5.73 Å². The normalized spacial score (nSPS) is 12.3. The van der Waals surface area contributed by atoms with Crippen LogP contribution in [0, 0.1) is 0 Å². The van der Waals surface area contributed by atoms with Gasteiger partial charge >= 0.3 is 0 Å². The van der Waals surface area contributed by atoms with Gasteiger partial charge in [-0.25, -0.2) is 0 Å². The van der Waals surface area contributed by atoms with Crippen LogP contribution in [0.5, 0.6) is 0 Å². The Hall–Kier alpha value is -1.65. The highest BCUT2D eigenvalue weighted by molar-refractivity contribution is 5.92. The number of pyridine rings is 1. The van der Waals surface area contributed by atoms with Gasteiger partial charge in [-0.05, 0) is 44.7 Å². The maximum Gasteiger partial charge on any atom is 0.0767 e. The van der Waals surface area contributed by atoms with Crippen LogP contribution in [0.3, 0.4) is 0 Å². The monoisotopic (exact) mass is 259 g/mol. The number of fused-ring (bicyclic) bond motifs is 1. The van der Waals surface area contributed by atoms with Gasteiger partial charge in [-0.2, -0.15) is 0 Å². The Kier molecular flexibility index (Phi) is 3.73. The fraction of sp³-hybridized carbons (Fsp3) is 0.400. The van der Waals surface area contributed by atoms with E-state index >= 15 is 0 Å². The molecular formula is C15H21N3O. The van der Waals surface area contributed by atoms with E-state index < -0.39 is 0 Å². The maximum absolute atomic E-state index is 9.42. The van der Waals surface area contributed by atoms with E-state index in [9.17, 15) is 5.11 Å². The highest BCUT2D eigenvalue weighted by atomic mass is 16.3. The molecule has 1 aromatic carbocycles. The molecule has 0 spiro atoms. The largest absolute Gasteiger partial charge is 0.398 e. The summed E-state index contributed by atoms with van der Waals surface area (Å²) in [5.41, 5.74) is 8.51. The third-order valence-corrected chi connectivity index (χ3v) is 3.71. The lowest BCUT2D eigenvalue weighted by atomic mass is 10.0. The van der Waals surface area contributed by atoms with Crippen molar-refractivity contribution >= 4 is 16.6 Å². The highest BCUT2D eigenvalue weighted by Crippen LogP contribution is 2.25. The lowest BCUT2D eigenvalue weighted by Crippen LogP contribution is -2.43. The standard InChI is InChI=1S/C15H21N3O/c1-15(2,10-19)18(3)9-11-6-7-13(16)12-5-4-8-17-14(11)12/h4-8,19H,9-10,16H2,1-3H3. The number of aromatic nitrogens is 1. The van der Waals surface area contributed by atoms with Crippen molar-refractivity contribution < 1.29 is 5.11 Å². The van der Waals surface area contributed by atoms with Gasteiger partial charge in [-0.15, -0.1) is 0 Å². The van der Waals surface area contributed by atoms with Gasteiger partial charge in [-0.1, -0.05) is 6.07 Å². The quantitative estimate of drug-likeness (QED) is 0.825. The van der Waals surface area contributed by atoms with E-state index in [0.717, 1.165) is 28.7 Å². The summed E-state index contributed by atoms with van der Waals surface area (Å²) in [7, 11) is 2.00. The molecule has 0 bridgehead atoms. The Bertz CT molecular complexity index is 581. The molecule has 19 heavy (non-hydrogen) atoms. The van der Waals surface area contributed by atoms with Crippen molar-refractivity contribution in [2.75, 3.05) is 19.4 Å². The van der Waals surface area contributed by atoms with Gasteiger partial charge in [0.1, 0.15) is 0 Å². The number of likely N-dealkylation sites (N-methyl/N-ethyl adjacent to an activating group) is 1. The number of aliphatic hydroxyl groups is 1. The van der Waals surface area contributed by atoms with Crippen LogP contribution in [-0.2, 0) is 6.54 Å². The molecule has 1 aromatic heterocycles. The van der Waals surface area contributed by atoms with Crippen molar-refractivity contribution in [3.05, 3.63) is 36.0 Å². The molecule has 0 saturated heterocycles. The summed E-state index contributed by atoms with van der Waals surface area (Å²) in [6.07, 6.45) is 1.78. The number of benzene rings is 1. The summed E-state index contributed by atoms with van der Waals surface area (Å²) >= 11 is 0. The number of nitrogen functional groups attached to an aromatic ring is 1. The summed E-state index contributed by atoms with van der Waals surface area (Å²) in [5.74, 6) is 0. The van der Waals surface area contributed by atoms with E-state index in [1.54, 1.807) is 6.20 Å². The second-order valence-corrected chi connectivity index (χ2v) is 5.54. The molecule has 3 N–H and O–H groups in total. The average Bonchev–Trinajstić information content (AvgIpc) is 2.42. The Morgan fingerprint density at radius 2 is 2.05 bits per heavy atom. The van der Waals surface area contributed by atoms with Crippen molar-refractivity contribution in [1.29, 1.82) is 0 Å². The van der Waals surface area contributed by atoms with Crippen LogP contribution in [0.2, 0.25) is 0 Å². The Labute approximate surface area is 113 Å². The molecule has 0 amide bonds. The van der Waals surface area contributed by atoms with Crippen LogP contribution < -0.4 is 5.73 Å². The number of nitrogens with zero attached hydrogens (tertiary/aromatic N) is 2. The molecule has 2 rings (SSSR count). The molecule has 4 heteroatoms. The molecule has 2 aromatic rings. The van der Waals surface area contributed by atoms with Crippen LogP contribution in [0.1, 0.15) is 19.4 Å². The highest BCUT2D eigenvalue weighted by Gasteiger charge is 2.23. The lowest BCUT2D eigenvalue weighted by molar-refractivity contribution is 0.0737. The predicted octanol–water partition coefficient (Wildman–Crippen LogP) is 2.02. The lowest BCUT2D eigenvalue weighted by Gasteiger charge is -2.34. The average molecular weight is 259 g/mol. The summed E-state index contributed by atoms with van der Waals surface area (Å²) in [6.45, 7) is 4.87. The van der Waals surface area contributed by atoms with Crippen LogP contribution in [0.15, 0.2) is 30.5 Å². The fourth-order valence-electron chi connectivity index (χ4n) is 1.97. The van der Waals surface area contributed by atoms with Gasteiger partial charge in [0.15, 0.2) is 0 Å². The summed E-state index contributed by atoms with van der Waals surface area (Å²) < 4.78 is 0. The molecule has 4 nitrogen and oxygen atoms in total. The van der Waals surface area contributed by atoms with Crippen LogP contribution in [0.4, 0.5) is 5.69 Å². The zero-order valence-corrected chi connectivity index (χ0v) is 11.7. The summed E-state index contributed by atoms with van der Waals surface area (Å²) in [4.78, 5) is 6.55. The minimum Gasteiger partial charge on any atom is -0.398 e. The zero-order valence-electron chi connectivity index (χ0n) is 11.7. The van der Waals surface area contributed by atoms with Crippen molar-refractivity contribution in [3.63, 3.8) is 0 Å². The SMILES string of the molecule is CN(Cc1ccc(N)c2cccnc12)C(C)(C)CO. The van der Waals surface area contributed by atoms with Crippen molar-refractivity contribution in [2.45, 2.75) is 25.9 Å². The molecular weight excluding hydrogens is 238 g/mol. The van der Waals surface area contributed by atoms with Crippen molar-refractivity contribution in [1.82, 2.24) is 9.88 Å². The third kappa shape index (κ3) is 2.69. The third-order valence-electron chi connectivity index (χ3n) is 3.71. The topological polar surface area (TPSA) is 62.4 Å². The molecule has 0 atom stereocenters.